The second-order valence-electron chi connectivity index (χ2n) is 4.80. The van der Waals surface area contributed by atoms with Crippen molar-refractivity contribution < 1.29 is 13.2 Å². The van der Waals surface area contributed by atoms with E-state index in [2.05, 4.69) is 9.98 Å². The lowest BCUT2D eigenvalue weighted by atomic mass is 10.1. The lowest BCUT2D eigenvalue weighted by molar-refractivity contribution is 0.279. The van der Waals surface area contributed by atoms with Gasteiger partial charge in [0.1, 0.15) is 6.61 Å². The number of hydrogen-bond acceptors (Lipinski definition) is 5. The second kappa shape index (κ2) is 6.10. The van der Waals surface area contributed by atoms with Crippen LogP contribution in [0.3, 0.4) is 0 Å². The van der Waals surface area contributed by atoms with Gasteiger partial charge >= 0.3 is 0 Å². The maximum absolute atomic E-state index is 11.4. The number of nitrogens with zero attached hydrogens (tertiary/aromatic N) is 2. The summed E-state index contributed by atoms with van der Waals surface area (Å²) in [4.78, 5) is 8.23. The lowest BCUT2D eigenvalue weighted by Gasteiger charge is -2.07. The summed E-state index contributed by atoms with van der Waals surface area (Å²) in [5.74, 6) is 0.439. The first-order chi connectivity index (χ1) is 9.19. The number of hydrogen-bond donors (Lipinski definition) is 0. The molecule has 1 aromatic rings. The van der Waals surface area contributed by atoms with Crippen molar-refractivity contribution in [3.63, 3.8) is 0 Å². The van der Waals surface area contributed by atoms with Crippen LogP contribution in [0.25, 0.3) is 0 Å². The Balaban J connectivity index is 0.000000956. The Morgan fingerprint density at radius 1 is 1.35 bits per heavy atom. The van der Waals surface area contributed by atoms with Crippen molar-refractivity contribution in [2.45, 2.75) is 38.3 Å². The van der Waals surface area contributed by atoms with E-state index in [4.69, 9.17) is 16.3 Å². The molecular formula is C13H19ClN2O3S. The maximum Gasteiger partial charge on any atom is 0.218 e. The molecule has 5 nitrogen and oxygen atoms in total. The van der Waals surface area contributed by atoms with Crippen LogP contribution in [0.2, 0.25) is 5.02 Å². The Labute approximate surface area is 125 Å². The molecule has 0 radical (unpaired) electrons. The topological polar surface area (TPSA) is 68.6 Å². The summed E-state index contributed by atoms with van der Waals surface area (Å²) in [6, 6.07) is 1.51. The van der Waals surface area contributed by atoms with Gasteiger partial charge in [-0.2, -0.15) is 0 Å². The summed E-state index contributed by atoms with van der Waals surface area (Å²) in [6.45, 7) is 8.37. The van der Waals surface area contributed by atoms with Crippen LogP contribution in [0.1, 0.15) is 33.3 Å². The van der Waals surface area contributed by atoms with E-state index in [9.17, 15) is 8.42 Å². The Hall–Kier alpha value is -1.14. The van der Waals surface area contributed by atoms with Crippen molar-refractivity contribution in [2.24, 2.45) is 4.99 Å². The zero-order chi connectivity index (χ0) is 15.6. The van der Waals surface area contributed by atoms with Gasteiger partial charge in [-0.25, -0.2) is 18.4 Å². The minimum atomic E-state index is -3.42. The van der Waals surface area contributed by atoms with Gasteiger partial charge in [0, 0.05) is 12.5 Å². The Kier molecular flexibility index (Phi) is 5.15. The van der Waals surface area contributed by atoms with Gasteiger partial charge < -0.3 is 4.74 Å². The highest BCUT2D eigenvalue weighted by molar-refractivity contribution is 7.90. The van der Waals surface area contributed by atoms with E-state index in [1.54, 1.807) is 0 Å². The molecule has 0 unspecified atom stereocenters. The fourth-order valence-electron chi connectivity index (χ4n) is 1.55. The average molecular weight is 319 g/mol. The largest absolute Gasteiger partial charge is 0.475 e. The normalized spacial score (nSPS) is 16.8. The van der Waals surface area contributed by atoms with E-state index in [0.29, 0.717) is 18.1 Å². The van der Waals surface area contributed by atoms with E-state index in [1.165, 1.54) is 12.3 Å². The number of sulfone groups is 1. The predicted octanol–water partition coefficient (Wildman–Crippen LogP) is 2.72. The average Bonchev–Trinajstić information content (AvgIpc) is 2.70. The number of halogens is 1. The summed E-state index contributed by atoms with van der Waals surface area (Å²) in [5.41, 5.74) is 0.301. The lowest BCUT2D eigenvalue weighted by Crippen LogP contribution is -2.17. The van der Waals surface area contributed by atoms with Gasteiger partial charge in [-0.1, -0.05) is 25.4 Å². The molecule has 1 aromatic heterocycles. The highest BCUT2D eigenvalue weighted by Crippen LogP contribution is 2.24. The minimum Gasteiger partial charge on any atom is -0.475 e. The monoisotopic (exact) mass is 318 g/mol. The first-order valence-corrected chi connectivity index (χ1v) is 8.55. The molecule has 2 rings (SSSR count). The molecule has 0 saturated heterocycles. The van der Waals surface area contributed by atoms with Crippen molar-refractivity contribution in [1.82, 2.24) is 4.98 Å². The molecule has 1 aliphatic heterocycles. The van der Waals surface area contributed by atoms with E-state index >= 15 is 0 Å². The van der Waals surface area contributed by atoms with Crippen molar-refractivity contribution in [3.05, 3.63) is 22.8 Å². The van der Waals surface area contributed by atoms with Gasteiger partial charge in [0.2, 0.25) is 5.90 Å². The van der Waals surface area contributed by atoms with Crippen LogP contribution in [0, 0.1) is 0 Å². The number of rotatable bonds is 2. The van der Waals surface area contributed by atoms with Crippen LogP contribution in [0.15, 0.2) is 22.3 Å². The van der Waals surface area contributed by atoms with Crippen molar-refractivity contribution in [2.75, 3.05) is 12.9 Å². The molecule has 2 heterocycles. The molecule has 0 amide bonds. The molecular weight excluding hydrogens is 300 g/mol. The third-order valence-corrected chi connectivity index (χ3v) is 3.80. The Morgan fingerprint density at radius 3 is 2.35 bits per heavy atom. The molecule has 7 heteroatoms. The van der Waals surface area contributed by atoms with Crippen LogP contribution >= 0.6 is 11.6 Å². The fourth-order valence-corrected chi connectivity index (χ4v) is 2.79. The molecule has 0 atom stereocenters. The van der Waals surface area contributed by atoms with Gasteiger partial charge in [-0.15, -0.1) is 0 Å². The van der Waals surface area contributed by atoms with Gasteiger partial charge in [0.15, 0.2) is 14.9 Å². The van der Waals surface area contributed by atoms with Crippen molar-refractivity contribution >= 4 is 27.3 Å². The van der Waals surface area contributed by atoms with Crippen molar-refractivity contribution in [1.29, 1.82) is 0 Å². The van der Waals surface area contributed by atoms with E-state index in [1.807, 2.05) is 27.7 Å². The molecule has 0 saturated carbocycles. The summed E-state index contributed by atoms with van der Waals surface area (Å²) in [6.07, 6.45) is 2.47. The van der Waals surface area contributed by atoms with Crippen LogP contribution in [-0.4, -0.2) is 37.7 Å². The zero-order valence-corrected chi connectivity index (χ0v) is 13.8. The highest BCUT2D eigenvalue weighted by Gasteiger charge is 2.28. The first-order valence-electron chi connectivity index (χ1n) is 6.28. The standard InChI is InChI=1S/C11H13ClN2O3S.C2H6/c1-11(2)6-17-9(14-11)7-4-8(12)10(13-5-7)18(3,15)16;1-2/h4-5H,6H2,1-3H3;1-2H3. The highest BCUT2D eigenvalue weighted by atomic mass is 35.5. The van der Waals surface area contributed by atoms with Gasteiger partial charge in [0.25, 0.3) is 0 Å². The Bertz CT molecular complexity index is 625. The number of aliphatic imine (C=N–C) groups is 1. The van der Waals surface area contributed by atoms with Crippen LogP contribution in [0.4, 0.5) is 0 Å². The zero-order valence-electron chi connectivity index (χ0n) is 12.3. The number of aromatic nitrogens is 1. The van der Waals surface area contributed by atoms with Gasteiger partial charge in [0.05, 0.1) is 16.1 Å². The fraction of sp³-hybridized carbons (Fsp3) is 0.538. The quantitative estimate of drug-likeness (QED) is 0.840. The third-order valence-electron chi connectivity index (χ3n) is 2.37. The van der Waals surface area contributed by atoms with E-state index in [0.717, 1.165) is 6.26 Å². The maximum atomic E-state index is 11.4. The first kappa shape index (κ1) is 16.9. The molecule has 0 N–H and O–H groups in total. The molecule has 0 fully saturated rings. The van der Waals surface area contributed by atoms with E-state index < -0.39 is 9.84 Å². The van der Waals surface area contributed by atoms with Gasteiger partial charge in [-0.3, -0.25) is 0 Å². The molecule has 1 aliphatic rings. The SMILES string of the molecule is CC.CC1(C)COC(c2cnc(S(C)(=O)=O)c(Cl)c2)=N1. The van der Waals surface area contributed by atoms with Gasteiger partial charge in [-0.05, 0) is 19.9 Å². The predicted molar refractivity (Wildman–Crippen MR) is 80.3 cm³/mol. The van der Waals surface area contributed by atoms with Crippen LogP contribution in [0.5, 0.6) is 0 Å². The minimum absolute atomic E-state index is 0.0750. The van der Waals surface area contributed by atoms with Crippen LogP contribution < -0.4 is 0 Å². The smallest absolute Gasteiger partial charge is 0.218 e. The molecule has 0 spiro atoms. The number of pyridine rings is 1. The molecule has 20 heavy (non-hydrogen) atoms. The molecule has 112 valence electrons. The summed E-state index contributed by atoms with van der Waals surface area (Å²) in [5, 5.41) is -0.0585. The van der Waals surface area contributed by atoms with E-state index in [-0.39, 0.29) is 15.6 Å². The summed E-state index contributed by atoms with van der Waals surface area (Å²) in [7, 11) is -3.42. The second-order valence-corrected chi connectivity index (χ2v) is 7.14. The van der Waals surface area contributed by atoms with Crippen molar-refractivity contribution in [3.8, 4) is 0 Å². The number of ether oxygens (including phenoxy) is 1. The Morgan fingerprint density at radius 2 is 1.95 bits per heavy atom. The molecule has 0 bridgehead atoms. The summed E-state index contributed by atoms with van der Waals surface area (Å²) >= 11 is 5.91. The molecule has 0 aliphatic carbocycles. The summed E-state index contributed by atoms with van der Waals surface area (Å²) < 4.78 is 28.2. The third kappa shape index (κ3) is 3.93. The molecule has 0 aromatic carbocycles. The van der Waals surface area contributed by atoms with Crippen LogP contribution in [-0.2, 0) is 14.6 Å².